The summed E-state index contributed by atoms with van der Waals surface area (Å²) in [5.41, 5.74) is 0.317. The number of methoxy groups -OCH3 is 1. The molecule has 1 aliphatic carbocycles. The number of aromatic nitrogens is 3. The number of piperidine rings is 2. The predicted octanol–water partition coefficient (Wildman–Crippen LogP) is 6.18. The average molecular weight is 677 g/mol. The molecule has 4 heterocycles. The number of carbonyl (C=O) groups is 1. The fourth-order valence-electron chi connectivity index (χ4n) is 8.34. The van der Waals surface area contributed by atoms with Crippen LogP contribution in [0, 0.1) is 23.0 Å². The number of fused-ring (bicyclic) bond motifs is 3. The second-order valence-electron chi connectivity index (χ2n) is 13.6. The van der Waals surface area contributed by atoms with Crippen molar-refractivity contribution in [2.45, 2.75) is 64.3 Å². The van der Waals surface area contributed by atoms with E-state index in [0.717, 1.165) is 51.5 Å². The summed E-state index contributed by atoms with van der Waals surface area (Å²) in [6.07, 6.45) is 6.09. The van der Waals surface area contributed by atoms with Gasteiger partial charge in [-0.05, 0) is 91.9 Å². The molecular weight excluding hydrogens is 634 g/mol. The summed E-state index contributed by atoms with van der Waals surface area (Å²) in [5, 5.41) is 27.3. The molecule has 3 aliphatic rings. The number of aromatic hydroxyl groups is 1. The largest absolute Gasteiger partial charge is 0.508 e. The van der Waals surface area contributed by atoms with Gasteiger partial charge in [0.15, 0.2) is 5.82 Å². The van der Waals surface area contributed by atoms with Gasteiger partial charge in [0.2, 0.25) is 5.88 Å². The summed E-state index contributed by atoms with van der Waals surface area (Å²) < 4.78 is 44.5. The SMILES string of the molecule is CCc1c(F)ccc2cc(O)cc(-c3nc(OC)c4c(N5CCCC(CNC(=O)O)C5)nc(OCC56CCCNC5CCC6)nc4c3F)c12. The topological polar surface area (TPSA) is 142 Å². The molecule has 2 aromatic heterocycles. The Hall–Kier alpha value is -4.52. The number of phenolic OH excluding ortho intramolecular Hbond substituents is 1. The van der Waals surface area contributed by atoms with Crippen molar-refractivity contribution in [1.29, 1.82) is 0 Å². The van der Waals surface area contributed by atoms with Crippen LogP contribution in [0.2, 0.25) is 0 Å². The van der Waals surface area contributed by atoms with Crippen molar-refractivity contribution in [2.24, 2.45) is 11.3 Å². The van der Waals surface area contributed by atoms with E-state index in [-0.39, 0.29) is 57.7 Å². The zero-order valence-electron chi connectivity index (χ0n) is 27.8. The van der Waals surface area contributed by atoms with Gasteiger partial charge in [-0.3, -0.25) is 0 Å². The van der Waals surface area contributed by atoms with Crippen LogP contribution in [0.5, 0.6) is 17.6 Å². The van der Waals surface area contributed by atoms with Crippen molar-refractivity contribution >= 4 is 33.6 Å². The molecule has 49 heavy (non-hydrogen) atoms. The van der Waals surface area contributed by atoms with E-state index < -0.39 is 17.7 Å². The van der Waals surface area contributed by atoms with Gasteiger partial charge in [-0.2, -0.15) is 9.97 Å². The van der Waals surface area contributed by atoms with Crippen molar-refractivity contribution in [3.8, 4) is 28.9 Å². The maximum atomic E-state index is 17.1. The number of pyridine rings is 1. The highest BCUT2D eigenvalue weighted by atomic mass is 19.1. The smallest absolute Gasteiger partial charge is 0.404 e. The second-order valence-corrected chi connectivity index (χ2v) is 13.6. The van der Waals surface area contributed by atoms with Gasteiger partial charge in [-0.25, -0.2) is 18.6 Å². The highest BCUT2D eigenvalue weighted by molar-refractivity contribution is 6.03. The third kappa shape index (κ3) is 6.13. The second kappa shape index (κ2) is 13.4. The van der Waals surface area contributed by atoms with E-state index in [4.69, 9.17) is 14.5 Å². The zero-order chi connectivity index (χ0) is 34.3. The monoisotopic (exact) mass is 676 g/mol. The number of ether oxygens (including phenoxy) is 2. The standard InChI is InChI=1S/C36H42F2N6O5/c1-3-23-25(37)10-9-21-15-22(45)16-24(27(21)23)30-29(38)31-28(33(41-30)48-2)32(44-14-5-7-20(18-44)17-40-35(46)47)43-34(42-31)49-19-36-11-4-8-26(36)39-13-6-12-36/h9-10,15-16,20,26,39-40,45H,3-8,11-14,17-19H2,1-2H3,(H,46,47). The fraction of sp³-hybridized carbons (Fsp3) is 0.500. The van der Waals surface area contributed by atoms with E-state index in [2.05, 4.69) is 20.6 Å². The molecule has 2 aliphatic heterocycles. The first-order valence-electron chi connectivity index (χ1n) is 17.2. The summed E-state index contributed by atoms with van der Waals surface area (Å²) >= 11 is 0. The van der Waals surface area contributed by atoms with Crippen molar-refractivity contribution in [2.75, 3.05) is 44.8 Å². The predicted molar refractivity (Wildman–Crippen MR) is 182 cm³/mol. The molecule has 0 spiro atoms. The molecule has 4 aromatic rings. The fourth-order valence-corrected chi connectivity index (χ4v) is 8.34. The van der Waals surface area contributed by atoms with E-state index in [1.54, 1.807) is 6.07 Å². The van der Waals surface area contributed by atoms with Gasteiger partial charge in [0.05, 0.1) is 13.7 Å². The first kappa shape index (κ1) is 33.0. The van der Waals surface area contributed by atoms with E-state index >= 15 is 8.78 Å². The minimum atomic E-state index is -1.09. The number of phenols is 1. The molecular formula is C36H42F2N6O5. The van der Waals surface area contributed by atoms with Crippen LogP contribution in [-0.4, -0.2) is 77.2 Å². The van der Waals surface area contributed by atoms with Gasteiger partial charge in [0.25, 0.3) is 0 Å². The molecule has 0 radical (unpaired) electrons. The number of hydrogen-bond donors (Lipinski definition) is 4. The first-order chi connectivity index (χ1) is 23.7. The Kier molecular flexibility index (Phi) is 9.03. The molecule has 13 heteroatoms. The van der Waals surface area contributed by atoms with Gasteiger partial charge < -0.3 is 35.2 Å². The van der Waals surface area contributed by atoms with Crippen LogP contribution in [0.4, 0.5) is 19.4 Å². The molecule has 260 valence electrons. The van der Waals surface area contributed by atoms with Gasteiger partial charge in [-0.15, -0.1) is 0 Å². The molecule has 3 atom stereocenters. The molecule has 2 saturated heterocycles. The van der Waals surface area contributed by atoms with Gasteiger partial charge in [0.1, 0.15) is 34.0 Å². The number of aryl methyl sites for hydroxylation is 1. The molecule has 1 amide bonds. The lowest BCUT2D eigenvalue weighted by atomic mass is 9.76. The molecule has 4 N–H and O–H groups in total. The third-order valence-corrected chi connectivity index (χ3v) is 10.7. The maximum absolute atomic E-state index is 17.1. The summed E-state index contributed by atoms with van der Waals surface area (Å²) in [5.74, 6) is -0.887. The molecule has 3 unspecified atom stereocenters. The summed E-state index contributed by atoms with van der Waals surface area (Å²) in [6.45, 7) is 4.50. The van der Waals surface area contributed by atoms with E-state index in [0.29, 0.717) is 54.3 Å². The minimum absolute atomic E-state index is 0.00484. The quantitative estimate of drug-likeness (QED) is 0.162. The Morgan fingerprint density at radius 3 is 2.76 bits per heavy atom. The lowest BCUT2D eigenvalue weighted by Gasteiger charge is -2.39. The molecule has 2 aromatic carbocycles. The number of nitrogens with zero attached hydrogens (tertiary/aromatic N) is 4. The molecule has 3 fully saturated rings. The summed E-state index contributed by atoms with van der Waals surface area (Å²) in [7, 11) is 1.43. The number of hydrogen-bond acceptors (Lipinski definition) is 9. The van der Waals surface area contributed by atoms with Crippen molar-refractivity contribution in [1.82, 2.24) is 25.6 Å². The Balaban J connectivity index is 1.40. The van der Waals surface area contributed by atoms with E-state index in [9.17, 15) is 15.0 Å². The van der Waals surface area contributed by atoms with Crippen LogP contribution in [-0.2, 0) is 6.42 Å². The highest BCUT2D eigenvalue weighted by Gasteiger charge is 2.45. The molecule has 1 saturated carbocycles. The highest BCUT2D eigenvalue weighted by Crippen LogP contribution is 2.46. The lowest BCUT2D eigenvalue weighted by molar-refractivity contribution is 0.0798. The summed E-state index contributed by atoms with van der Waals surface area (Å²) in [6, 6.07) is 6.16. The first-order valence-corrected chi connectivity index (χ1v) is 17.2. The van der Waals surface area contributed by atoms with Crippen LogP contribution in [0.1, 0.15) is 57.4 Å². The van der Waals surface area contributed by atoms with Crippen LogP contribution in [0.15, 0.2) is 24.3 Å². The van der Waals surface area contributed by atoms with Crippen molar-refractivity contribution < 1.29 is 33.3 Å². The maximum Gasteiger partial charge on any atom is 0.404 e. The van der Waals surface area contributed by atoms with E-state index in [1.165, 1.54) is 25.3 Å². The Morgan fingerprint density at radius 2 is 1.96 bits per heavy atom. The molecule has 7 rings (SSSR count). The number of rotatable bonds is 9. The molecule has 11 nitrogen and oxygen atoms in total. The summed E-state index contributed by atoms with van der Waals surface area (Å²) in [4.78, 5) is 27.4. The zero-order valence-corrected chi connectivity index (χ0v) is 27.8. The number of carboxylic acid groups (broad SMARTS) is 1. The number of amides is 1. The third-order valence-electron chi connectivity index (χ3n) is 10.7. The number of benzene rings is 2. The van der Waals surface area contributed by atoms with Crippen LogP contribution in [0.25, 0.3) is 32.9 Å². The van der Waals surface area contributed by atoms with Gasteiger partial charge >= 0.3 is 12.1 Å². The van der Waals surface area contributed by atoms with E-state index in [1.807, 2.05) is 11.8 Å². The van der Waals surface area contributed by atoms with Crippen molar-refractivity contribution in [3.63, 3.8) is 0 Å². The van der Waals surface area contributed by atoms with Gasteiger partial charge in [0, 0.05) is 36.7 Å². The van der Waals surface area contributed by atoms with Crippen LogP contribution < -0.4 is 25.0 Å². The molecule has 0 bridgehead atoms. The van der Waals surface area contributed by atoms with Gasteiger partial charge in [-0.1, -0.05) is 19.4 Å². The Bertz CT molecular complexity index is 1910. The van der Waals surface area contributed by atoms with Crippen LogP contribution >= 0.6 is 0 Å². The minimum Gasteiger partial charge on any atom is -0.508 e. The number of halogens is 2. The Morgan fingerprint density at radius 1 is 1.12 bits per heavy atom. The van der Waals surface area contributed by atoms with Crippen molar-refractivity contribution in [3.05, 3.63) is 41.5 Å². The normalized spacial score (nSPS) is 22.3. The lowest BCUT2D eigenvalue weighted by Crippen LogP contribution is -2.49. The van der Waals surface area contributed by atoms with Crippen LogP contribution in [0.3, 0.4) is 0 Å². The number of nitrogens with one attached hydrogen (secondary N) is 2. The average Bonchev–Trinajstić information content (AvgIpc) is 3.54. The number of anilines is 1. The Labute approximate surface area is 283 Å².